The highest BCUT2D eigenvalue weighted by Gasteiger charge is 2.49. The van der Waals surface area contributed by atoms with E-state index >= 15 is 0 Å². The number of sulfone groups is 1. The molecule has 0 bridgehead atoms. The van der Waals surface area contributed by atoms with Crippen LogP contribution < -0.4 is 10.6 Å². The molecule has 1 atom stereocenters. The van der Waals surface area contributed by atoms with Crippen LogP contribution in [0.4, 0.5) is 13.2 Å². The number of carbonyl (C=O) groups is 1. The highest BCUT2D eigenvalue weighted by Crippen LogP contribution is 2.44. The molecule has 5 nitrogen and oxygen atoms in total. The Hall–Kier alpha value is -1.61. The summed E-state index contributed by atoms with van der Waals surface area (Å²) < 4.78 is 63.9. The van der Waals surface area contributed by atoms with Gasteiger partial charge in [-0.3, -0.25) is 4.79 Å². The van der Waals surface area contributed by atoms with Crippen LogP contribution in [-0.2, 0) is 20.8 Å². The first kappa shape index (κ1) is 22.1. The Morgan fingerprint density at radius 3 is 2.48 bits per heavy atom. The van der Waals surface area contributed by atoms with Crippen molar-refractivity contribution in [2.75, 3.05) is 13.1 Å². The minimum atomic E-state index is -4.60. The van der Waals surface area contributed by atoms with Gasteiger partial charge in [-0.2, -0.15) is 13.2 Å². The van der Waals surface area contributed by atoms with Crippen LogP contribution in [0.15, 0.2) is 29.2 Å². The van der Waals surface area contributed by atoms with E-state index in [0.717, 1.165) is 31.5 Å². The molecule has 29 heavy (non-hydrogen) atoms. The Kier molecular flexibility index (Phi) is 6.02. The van der Waals surface area contributed by atoms with E-state index in [9.17, 15) is 26.4 Å². The van der Waals surface area contributed by atoms with Gasteiger partial charge < -0.3 is 10.6 Å². The standard InChI is InChI=1S/C20H27F3N2O3S/c1-19(2,29(27,28)17-7-3-6-14(11-17)20(21,22)23)15-9-16(10-15)25-18(26)13-5-4-8-24-12-13/h3,6-7,11,13,15-16,24H,4-5,8-10,12H2,1-2H3,(H,25,26). The van der Waals surface area contributed by atoms with E-state index in [4.69, 9.17) is 0 Å². The predicted molar refractivity (Wildman–Crippen MR) is 103 cm³/mol. The third kappa shape index (κ3) is 4.45. The van der Waals surface area contributed by atoms with Crippen LogP contribution in [0.1, 0.15) is 45.1 Å². The van der Waals surface area contributed by atoms with E-state index in [0.29, 0.717) is 25.5 Å². The smallest absolute Gasteiger partial charge is 0.353 e. The second-order valence-corrected chi connectivity index (χ2v) is 11.1. The van der Waals surface area contributed by atoms with E-state index in [1.54, 1.807) is 13.8 Å². The zero-order chi connectivity index (χ0) is 21.4. The molecule has 2 N–H and O–H groups in total. The maximum atomic E-state index is 13.1. The molecule has 0 radical (unpaired) electrons. The zero-order valence-corrected chi connectivity index (χ0v) is 17.4. The van der Waals surface area contributed by atoms with Crippen molar-refractivity contribution in [3.8, 4) is 0 Å². The molecule has 1 saturated carbocycles. The number of nitrogens with one attached hydrogen (secondary N) is 2. The Labute approximate surface area is 169 Å². The van der Waals surface area contributed by atoms with Gasteiger partial charge in [-0.05, 0) is 70.2 Å². The third-order valence-electron chi connectivity index (χ3n) is 6.30. The van der Waals surface area contributed by atoms with Crippen molar-refractivity contribution >= 4 is 15.7 Å². The molecule has 3 rings (SSSR count). The van der Waals surface area contributed by atoms with E-state index in [1.807, 2.05) is 0 Å². The second-order valence-electron chi connectivity index (χ2n) is 8.55. The first-order valence-electron chi connectivity index (χ1n) is 9.86. The molecule has 1 heterocycles. The molecule has 1 aliphatic heterocycles. The number of benzene rings is 1. The summed E-state index contributed by atoms with van der Waals surface area (Å²) in [5, 5.41) is 6.18. The number of rotatable bonds is 5. The lowest BCUT2D eigenvalue weighted by molar-refractivity contribution is -0.137. The van der Waals surface area contributed by atoms with Crippen LogP contribution in [-0.4, -0.2) is 38.2 Å². The molecule has 1 aliphatic carbocycles. The summed E-state index contributed by atoms with van der Waals surface area (Å²) in [5.74, 6) is -0.319. The maximum absolute atomic E-state index is 13.1. The van der Waals surface area contributed by atoms with Crippen molar-refractivity contribution in [2.45, 2.75) is 61.4 Å². The average molecular weight is 433 g/mol. The van der Waals surface area contributed by atoms with Gasteiger partial charge in [0.05, 0.1) is 21.1 Å². The molecule has 1 aromatic carbocycles. The number of piperidine rings is 1. The topological polar surface area (TPSA) is 75.3 Å². The summed E-state index contributed by atoms with van der Waals surface area (Å²) in [6, 6.07) is 3.80. The van der Waals surface area contributed by atoms with E-state index in [1.165, 1.54) is 6.07 Å². The molecule has 1 amide bonds. The second kappa shape index (κ2) is 7.91. The van der Waals surface area contributed by atoms with Gasteiger partial charge in [-0.25, -0.2) is 8.42 Å². The molecular weight excluding hydrogens is 405 g/mol. The molecule has 1 aromatic rings. The number of hydrogen-bond acceptors (Lipinski definition) is 4. The summed E-state index contributed by atoms with van der Waals surface area (Å²) in [6.45, 7) is 4.67. The SMILES string of the molecule is CC(C)(C1CC(NC(=O)C2CCCNC2)C1)S(=O)(=O)c1cccc(C(F)(F)F)c1. The highest BCUT2D eigenvalue weighted by molar-refractivity contribution is 7.92. The lowest BCUT2D eigenvalue weighted by atomic mass is 9.73. The maximum Gasteiger partial charge on any atom is 0.416 e. The molecule has 0 spiro atoms. The van der Waals surface area contributed by atoms with Gasteiger partial charge >= 0.3 is 6.18 Å². The Bertz CT molecular complexity index is 856. The molecule has 2 aliphatic rings. The van der Waals surface area contributed by atoms with Gasteiger partial charge in [0.15, 0.2) is 9.84 Å². The van der Waals surface area contributed by atoms with E-state index < -0.39 is 26.3 Å². The largest absolute Gasteiger partial charge is 0.416 e. The fourth-order valence-electron chi connectivity index (χ4n) is 4.06. The first-order valence-corrected chi connectivity index (χ1v) is 11.3. The zero-order valence-electron chi connectivity index (χ0n) is 16.6. The van der Waals surface area contributed by atoms with Crippen LogP contribution >= 0.6 is 0 Å². The number of halogens is 3. The highest BCUT2D eigenvalue weighted by atomic mass is 32.2. The third-order valence-corrected chi connectivity index (χ3v) is 8.89. The average Bonchev–Trinajstić information content (AvgIpc) is 2.64. The first-order chi connectivity index (χ1) is 13.4. The van der Waals surface area contributed by atoms with Crippen molar-refractivity contribution in [1.82, 2.24) is 10.6 Å². The fourth-order valence-corrected chi connectivity index (χ4v) is 5.84. The summed E-state index contributed by atoms with van der Waals surface area (Å²) in [5.41, 5.74) is -0.978. The van der Waals surface area contributed by atoms with Crippen LogP contribution in [0.3, 0.4) is 0 Å². The normalized spacial score (nSPS) is 25.9. The van der Waals surface area contributed by atoms with Gasteiger partial charge in [0.1, 0.15) is 0 Å². The molecule has 9 heteroatoms. The van der Waals surface area contributed by atoms with Crippen LogP contribution in [0, 0.1) is 11.8 Å². The van der Waals surface area contributed by atoms with Crippen molar-refractivity contribution in [1.29, 1.82) is 0 Å². The number of hydrogen-bond donors (Lipinski definition) is 2. The molecule has 1 unspecified atom stereocenters. The summed E-state index contributed by atoms with van der Waals surface area (Å²) in [4.78, 5) is 12.0. The van der Waals surface area contributed by atoms with Crippen molar-refractivity contribution in [2.24, 2.45) is 11.8 Å². The Morgan fingerprint density at radius 1 is 1.21 bits per heavy atom. The van der Waals surface area contributed by atoms with Gasteiger partial charge in [0.2, 0.25) is 5.91 Å². The summed E-state index contributed by atoms with van der Waals surface area (Å²) in [7, 11) is -3.98. The molecule has 0 aromatic heterocycles. The van der Waals surface area contributed by atoms with Crippen LogP contribution in [0.5, 0.6) is 0 Å². The van der Waals surface area contributed by atoms with Crippen molar-refractivity contribution in [3.05, 3.63) is 29.8 Å². The minimum absolute atomic E-state index is 0.0146. The summed E-state index contributed by atoms with van der Waals surface area (Å²) >= 11 is 0. The van der Waals surface area contributed by atoms with Gasteiger partial charge in [-0.15, -0.1) is 0 Å². The number of amides is 1. The molecule has 2 fully saturated rings. The van der Waals surface area contributed by atoms with Crippen LogP contribution in [0.2, 0.25) is 0 Å². The van der Waals surface area contributed by atoms with Gasteiger partial charge in [-0.1, -0.05) is 6.07 Å². The number of carbonyl (C=O) groups excluding carboxylic acids is 1. The van der Waals surface area contributed by atoms with E-state index in [-0.39, 0.29) is 28.7 Å². The van der Waals surface area contributed by atoms with Gasteiger partial charge in [0, 0.05) is 12.6 Å². The monoisotopic (exact) mass is 432 g/mol. The predicted octanol–water partition coefficient (Wildman–Crippen LogP) is 3.15. The fraction of sp³-hybridized carbons (Fsp3) is 0.650. The lowest BCUT2D eigenvalue weighted by Crippen LogP contribution is -2.55. The van der Waals surface area contributed by atoms with Crippen LogP contribution in [0.25, 0.3) is 0 Å². The minimum Gasteiger partial charge on any atom is -0.353 e. The summed E-state index contributed by atoms with van der Waals surface area (Å²) in [6.07, 6.45) is -1.82. The quantitative estimate of drug-likeness (QED) is 0.750. The molecule has 162 valence electrons. The van der Waals surface area contributed by atoms with Crippen molar-refractivity contribution in [3.63, 3.8) is 0 Å². The Morgan fingerprint density at radius 2 is 1.90 bits per heavy atom. The molecular formula is C20H27F3N2O3S. The van der Waals surface area contributed by atoms with Gasteiger partial charge in [0.25, 0.3) is 0 Å². The lowest BCUT2D eigenvalue weighted by Gasteiger charge is -2.45. The number of alkyl halides is 3. The Balaban J connectivity index is 1.66. The molecule has 1 saturated heterocycles. The van der Waals surface area contributed by atoms with Crippen molar-refractivity contribution < 1.29 is 26.4 Å². The van der Waals surface area contributed by atoms with E-state index in [2.05, 4.69) is 10.6 Å².